The van der Waals surface area contributed by atoms with Gasteiger partial charge in [-0.15, -0.1) is 0 Å². The molecule has 0 aliphatic carbocycles. The Labute approximate surface area is 105 Å². The van der Waals surface area contributed by atoms with Crippen LogP contribution in [0.2, 0.25) is 0 Å². The Morgan fingerprint density at radius 3 is 2.24 bits per heavy atom. The summed E-state index contributed by atoms with van der Waals surface area (Å²) in [6, 6.07) is 0. The molecule has 0 aromatic carbocycles. The van der Waals surface area contributed by atoms with Gasteiger partial charge < -0.3 is 4.74 Å². The number of rotatable bonds is 9. The first-order valence-corrected chi connectivity index (χ1v) is 6.67. The molecule has 1 atom stereocenters. The Kier molecular flexibility index (Phi) is 8.73. The van der Waals surface area contributed by atoms with Gasteiger partial charge in [-0.05, 0) is 18.8 Å². The molecule has 0 saturated carbocycles. The van der Waals surface area contributed by atoms with Crippen LogP contribution < -0.4 is 0 Å². The van der Waals surface area contributed by atoms with E-state index in [1.54, 1.807) is 0 Å². The van der Waals surface area contributed by atoms with E-state index >= 15 is 0 Å². The molecule has 17 heavy (non-hydrogen) atoms. The lowest BCUT2D eigenvalue weighted by atomic mass is 9.99. The molecule has 0 fully saturated rings. The average Bonchev–Trinajstić information content (AvgIpc) is 2.22. The third-order valence-electron chi connectivity index (χ3n) is 2.63. The Morgan fingerprint density at radius 2 is 1.76 bits per heavy atom. The molecule has 0 N–H and O–H groups in total. The zero-order valence-electron chi connectivity index (χ0n) is 11.6. The molecule has 0 aliphatic heterocycles. The molecule has 0 rings (SSSR count). The number of carbonyl (C=O) groups excluding carboxylic acids is 2. The van der Waals surface area contributed by atoms with Crippen molar-refractivity contribution in [2.75, 3.05) is 0 Å². The number of unbranched alkanes of at least 4 members (excludes halogenated alkanes) is 3. The van der Waals surface area contributed by atoms with Gasteiger partial charge in [0.15, 0.2) is 11.9 Å². The number of hydrogen-bond acceptors (Lipinski definition) is 3. The van der Waals surface area contributed by atoms with E-state index in [4.69, 9.17) is 4.74 Å². The Bertz CT molecular complexity index is 234. The van der Waals surface area contributed by atoms with E-state index in [1.807, 2.05) is 13.8 Å². The summed E-state index contributed by atoms with van der Waals surface area (Å²) in [5, 5.41) is 0. The summed E-state index contributed by atoms with van der Waals surface area (Å²) in [5.74, 6) is 0.0708. The van der Waals surface area contributed by atoms with Crippen LogP contribution in [-0.2, 0) is 14.3 Å². The fraction of sp³-hybridized carbons (Fsp3) is 0.857. The lowest BCUT2D eigenvalue weighted by molar-refractivity contribution is -0.154. The number of ether oxygens (including phenoxy) is 1. The molecule has 0 aliphatic rings. The van der Waals surface area contributed by atoms with Crippen molar-refractivity contribution in [1.29, 1.82) is 0 Å². The summed E-state index contributed by atoms with van der Waals surface area (Å²) in [6.45, 7) is 7.56. The van der Waals surface area contributed by atoms with Crippen LogP contribution in [0.3, 0.4) is 0 Å². The molecule has 0 radical (unpaired) electrons. The summed E-state index contributed by atoms with van der Waals surface area (Å²) in [4.78, 5) is 22.8. The highest BCUT2D eigenvalue weighted by Gasteiger charge is 2.21. The van der Waals surface area contributed by atoms with Gasteiger partial charge in [0.1, 0.15) is 0 Å². The van der Waals surface area contributed by atoms with E-state index < -0.39 is 6.10 Å². The maximum Gasteiger partial charge on any atom is 0.303 e. The SMILES string of the molecule is CCCCCCC(=O)[C@H](CC(C)C)OC(C)=O. The van der Waals surface area contributed by atoms with Crippen LogP contribution >= 0.6 is 0 Å². The molecular formula is C14H26O3. The maximum absolute atomic E-state index is 11.9. The Hall–Kier alpha value is -0.860. The molecule has 0 spiro atoms. The Morgan fingerprint density at radius 1 is 1.12 bits per heavy atom. The van der Waals surface area contributed by atoms with Crippen molar-refractivity contribution in [2.24, 2.45) is 5.92 Å². The second kappa shape index (κ2) is 9.20. The van der Waals surface area contributed by atoms with Crippen molar-refractivity contribution in [2.45, 2.75) is 72.3 Å². The zero-order chi connectivity index (χ0) is 13.3. The first-order chi connectivity index (χ1) is 7.97. The quantitative estimate of drug-likeness (QED) is 0.459. The van der Waals surface area contributed by atoms with Gasteiger partial charge in [0.2, 0.25) is 0 Å². The third kappa shape index (κ3) is 8.90. The summed E-state index contributed by atoms with van der Waals surface area (Å²) >= 11 is 0. The van der Waals surface area contributed by atoms with Crippen molar-refractivity contribution in [3.63, 3.8) is 0 Å². The molecule has 0 amide bonds. The lowest BCUT2D eigenvalue weighted by Crippen LogP contribution is -2.27. The van der Waals surface area contributed by atoms with E-state index in [-0.39, 0.29) is 11.8 Å². The zero-order valence-corrected chi connectivity index (χ0v) is 11.6. The second-order valence-electron chi connectivity index (χ2n) is 5.00. The van der Waals surface area contributed by atoms with Crippen LogP contribution in [0.15, 0.2) is 0 Å². The predicted molar refractivity (Wildman–Crippen MR) is 68.8 cm³/mol. The van der Waals surface area contributed by atoms with Gasteiger partial charge in [-0.2, -0.15) is 0 Å². The number of carbonyl (C=O) groups is 2. The number of esters is 1. The molecule has 3 heteroatoms. The van der Waals surface area contributed by atoms with Crippen LogP contribution in [0.1, 0.15) is 66.2 Å². The fourth-order valence-electron chi connectivity index (χ4n) is 1.76. The molecule has 3 nitrogen and oxygen atoms in total. The summed E-state index contributed by atoms with van der Waals surface area (Å²) in [7, 11) is 0. The van der Waals surface area contributed by atoms with Crippen molar-refractivity contribution in [3.05, 3.63) is 0 Å². The standard InChI is InChI=1S/C14H26O3/c1-5-6-7-8-9-13(16)14(10-11(2)3)17-12(4)15/h11,14H,5-10H2,1-4H3/t14-/m0/s1. The predicted octanol–water partition coefficient (Wildman–Crippen LogP) is 3.50. The second-order valence-corrected chi connectivity index (χ2v) is 5.00. The van der Waals surface area contributed by atoms with Crippen LogP contribution in [-0.4, -0.2) is 17.9 Å². The van der Waals surface area contributed by atoms with E-state index in [2.05, 4.69) is 6.92 Å². The normalized spacial score (nSPS) is 12.5. The largest absolute Gasteiger partial charge is 0.455 e. The van der Waals surface area contributed by atoms with Crippen molar-refractivity contribution in [1.82, 2.24) is 0 Å². The Balaban J connectivity index is 4.08. The van der Waals surface area contributed by atoms with Gasteiger partial charge in [0.25, 0.3) is 0 Å². The molecule has 0 saturated heterocycles. The first kappa shape index (κ1) is 16.1. The minimum atomic E-state index is -0.533. The first-order valence-electron chi connectivity index (χ1n) is 6.67. The highest BCUT2D eigenvalue weighted by Crippen LogP contribution is 2.13. The van der Waals surface area contributed by atoms with Crippen molar-refractivity contribution in [3.8, 4) is 0 Å². The maximum atomic E-state index is 11.9. The minimum absolute atomic E-state index is 0.0741. The van der Waals surface area contributed by atoms with E-state index in [1.165, 1.54) is 6.92 Å². The van der Waals surface area contributed by atoms with Gasteiger partial charge in [-0.1, -0.05) is 40.0 Å². The van der Waals surface area contributed by atoms with Crippen LogP contribution in [0, 0.1) is 5.92 Å². The van der Waals surface area contributed by atoms with E-state index in [0.717, 1.165) is 25.7 Å². The number of hydrogen-bond donors (Lipinski definition) is 0. The monoisotopic (exact) mass is 242 g/mol. The summed E-state index contributed by atoms with van der Waals surface area (Å²) < 4.78 is 5.09. The molecule has 0 aromatic heterocycles. The van der Waals surface area contributed by atoms with Crippen LogP contribution in [0.25, 0.3) is 0 Å². The third-order valence-corrected chi connectivity index (χ3v) is 2.63. The molecular weight excluding hydrogens is 216 g/mol. The molecule has 100 valence electrons. The van der Waals surface area contributed by atoms with Gasteiger partial charge in [0.05, 0.1) is 0 Å². The molecule has 0 aromatic rings. The van der Waals surface area contributed by atoms with Gasteiger partial charge >= 0.3 is 5.97 Å². The highest BCUT2D eigenvalue weighted by atomic mass is 16.5. The fourth-order valence-corrected chi connectivity index (χ4v) is 1.76. The van der Waals surface area contributed by atoms with Gasteiger partial charge in [-0.3, -0.25) is 9.59 Å². The minimum Gasteiger partial charge on any atom is -0.455 e. The van der Waals surface area contributed by atoms with Crippen LogP contribution in [0.4, 0.5) is 0 Å². The number of Topliss-reactive ketones (excluding diaryl/α,β-unsaturated/α-hetero) is 1. The summed E-state index contributed by atoms with van der Waals surface area (Å²) in [5.41, 5.74) is 0. The van der Waals surface area contributed by atoms with Gasteiger partial charge in [0, 0.05) is 13.3 Å². The lowest BCUT2D eigenvalue weighted by Gasteiger charge is -2.17. The van der Waals surface area contributed by atoms with Gasteiger partial charge in [-0.25, -0.2) is 0 Å². The van der Waals surface area contributed by atoms with E-state index in [9.17, 15) is 9.59 Å². The highest BCUT2D eigenvalue weighted by molar-refractivity contribution is 5.85. The topological polar surface area (TPSA) is 43.4 Å². The van der Waals surface area contributed by atoms with Crippen molar-refractivity contribution < 1.29 is 14.3 Å². The average molecular weight is 242 g/mol. The van der Waals surface area contributed by atoms with E-state index in [0.29, 0.717) is 18.8 Å². The van der Waals surface area contributed by atoms with Crippen LogP contribution in [0.5, 0.6) is 0 Å². The molecule has 0 bridgehead atoms. The summed E-state index contributed by atoms with van der Waals surface area (Å²) in [6.07, 6.45) is 4.94. The number of ketones is 1. The molecule has 0 unspecified atom stereocenters. The smallest absolute Gasteiger partial charge is 0.303 e. The van der Waals surface area contributed by atoms with Crippen molar-refractivity contribution >= 4 is 11.8 Å². The molecule has 0 heterocycles.